The summed E-state index contributed by atoms with van der Waals surface area (Å²) in [4.78, 5) is 7.84. The van der Waals surface area contributed by atoms with Crippen molar-refractivity contribution in [2.45, 2.75) is 38.6 Å². The topological polar surface area (TPSA) is 19.0 Å². The standard InChI is InChI=1S/C22H37N3O/c1-20(25-17-15-23(2)16-18-25)21-10-13-24(14-11-21)12-6-7-19-26-22-8-4-3-5-9-22/h3-5,8-9,20-21H,6-7,10-19H2,1-2H3. The van der Waals surface area contributed by atoms with E-state index in [1.165, 1.54) is 65.1 Å². The van der Waals surface area contributed by atoms with Crippen molar-refractivity contribution in [3.63, 3.8) is 0 Å². The van der Waals surface area contributed by atoms with Crippen LogP contribution in [0, 0.1) is 5.92 Å². The predicted octanol–water partition coefficient (Wildman–Crippen LogP) is 3.19. The van der Waals surface area contributed by atoms with E-state index in [9.17, 15) is 0 Å². The third-order valence-corrected chi connectivity index (χ3v) is 6.31. The minimum atomic E-state index is 0.755. The molecular formula is C22H37N3O. The first-order chi connectivity index (χ1) is 12.7. The number of hydrogen-bond donors (Lipinski definition) is 0. The maximum absolute atomic E-state index is 5.79. The van der Waals surface area contributed by atoms with Crippen molar-refractivity contribution in [1.29, 1.82) is 0 Å². The lowest BCUT2D eigenvalue weighted by Gasteiger charge is -2.42. The van der Waals surface area contributed by atoms with Crippen LogP contribution in [0.4, 0.5) is 0 Å². The Kier molecular flexibility index (Phi) is 7.78. The Labute approximate surface area is 160 Å². The number of unbranched alkanes of at least 4 members (excludes halogenated alkanes) is 1. The Morgan fingerprint density at radius 2 is 1.65 bits per heavy atom. The van der Waals surface area contributed by atoms with Gasteiger partial charge in [0.25, 0.3) is 0 Å². The SMILES string of the molecule is CC(C1CCN(CCCCOc2ccccc2)CC1)N1CCN(C)CC1. The Morgan fingerprint density at radius 3 is 2.35 bits per heavy atom. The highest BCUT2D eigenvalue weighted by Gasteiger charge is 2.28. The number of rotatable bonds is 8. The van der Waals surface area contributed by atoms with Crippen molar-refractivity contribution < 1.29 is 4.74 Å². The lowest BCUT2D eigenvalue weighted by Crippen LogP contribution is -2.51. The van der Waals surface area contributed by atoms with Crippen LogP contribution in [-0.4, -0.2) is 80.2 Å². The fraction of sp³-hybridized carbons (Fsp3) is 0.727. The van der Waals surface area contributed by atoms with Crippen molar-refractivity contribution in [2.75, 3.05) is 59.5 Å². The van der Waals surface area contributed by atoms with Gasteiger partial charge in [-0.2, -0.15) is 0 Å². The van der Waals surface area contributed by atoms with Gasteiger partial charge in [-0.15, -0.1) is 0 Å². The van der Waals surface area contributed by atoms with Gasteiger partial charge in [0.2, 0.25) is 0 Å². The average molecular weight is 360 g/mol. The molecule has 1 aromatic carbocycles. The average Bonchev–Trinajstić information content (AvgIpc) is 2.69. The minimum Gasteiger partial charge on any atom is -0.494 e. The fourth-order valence-electron chi connectivity index (χ4n) is 4.33. The predicted molar refractivity (Wildman–Crippen MR) is 109 cm³/mol. The van der Waals surface area contributed by atoms with Gasteiger partial charge >= 0.3 is 0 Å². The smallest absolute Gasteiger partial charge is 0.119 e. The van der Waals surface area contributed by atoms with Gasteiger partial charge in [0.05, 0.1) is 6.61 Å². The van der Waals surface area contributed by atoms with E-state index in [4.69, 9.17) is 4.74 Å². The van der Waals surface area contributed by atoms with Crippen LogP contribution >= 0.6 is 0 Å². The second kappa shape index (κ2) is 10.3. The van der Waals surface area contributed by atoms with E-state index in [0.717, 1.165) is 30.7 Å². The maximum atomic E-state index is 5.79. The number of ether oxygens (including phenoxy) is 1. The molecule has 1 aromatic rings. The zero-order valence-electron chi connectivity index (χ0n) is 16.8. The Balaban J connectivity index is 1.26. The number of piperazine rings is 1. The van der Waals surface area contributed by atoms with Crippen molar-refractivity contribution >= 4 is 0 Å². The summed E-state index contributed by atoms with van der Waals surface area (Å²) in [5, 5.41) is 0. The second-order valence-corrected chi connectivity index (χ2v) is 8.13. The Morgan fingerprint density at radius 1 is 0.962 bits per heavy atom. The molecule has 0 saturated carbocycles. The van der Waals surface area contributed by atoms with Gasteiger partial charge in [0.15, 0.2) is 0 Å². The molecule has 2 heterocycles. The zero-order chi connectivity index (χ0) is 18.2. The molecule has 0 radical (unpaired) electrons. The van der Waals surface area contributed by atoms with E-state index in [2.05, 4.69) is 28.7 Å². The number of likely N-dealkylation sites (N-methyl/N-ethyl adjacent to an activating group) is 1. The summed E-state index contributed by atoms with van der Waals surface area (Å²) in [6, 6.07) is 10.9. The quantitative estimate of drug-likeness (QED) is 0.664. The molecule has 0 aliphatic carbocycles. The van der Waals surface area contributed by atoms with Gasteiger partial charge in [-0.05, 0) is 77.3 Å². The largest absolute Gasteiger partial charge is 0.494 e. The monoisotopic (exact) mass is 359 g/mol. The highest BCUT2D eigenvalue weighted by molar-refractivity contribution is 5.20. The number of nitrogens with zero attached hydrogens (tertiary/aromatic N) is 3. The molecule has 0 aromatic heterocycles. The van der Waals surface area contributed by atoms with Crippen LogP contribution in [0.5, 0.6) is 5.75 Å². The molecule has 1 unspecified atom stereocenters. The van der Waals surface area contributed by atoms with E-state index in [0.29, 0.717) is 0 Å². The second-order valence-electron chi connectivity index (χ2n) is 8.13. The highest BCUT2D eigenvalue weighted by atomic mass is 16.5. The summed E-state index contributed by atoms with van der Waals surface area (Å²) in [6.07, 6.45) is 5.13. The third kappa shape index (κ3) is 5.97. The van der Waals surface area contributed by atoms with E-state index >= 15 is 0 Å². The van der Waals surface area contributed by atoms with Gasteiger partial charge in [0.1, 0.15) is 5.75 Å². The van der Waals surface area contributed by atoms with Crippen LogP contribution in [0.1, 0.15) is 32.6 Å². The highest BCUT2D eigenvalue weighted by Crippen LogP contribution is 2.25. The minimum absolute atomic E-state index is 0.755. The summed E-state index contributed by atoms with van der Waals surface area (Å²) >= 11 is 0. The number of piperidine rings is 1. The maximum Gasteiger partial charge on any atom is 0.119 e. The summed E-state index contributed by atoms with van der Waals surface area (Å²) in [7, 11) is 2.24. The lowest BCUT2D eigenvalue weighted by molar-refractivity contribution is 0.0608. The molecule has 2 fully saturated rings. The van der Waals surface area contributed by atoms with Gasteiger partial charge < -0.3 is 14.5 Å². The molecule has 146 valence electrons. The van der Waals surface area contributed by atoms with Gasteiger partial charge in [-0.3, -0.25) is 4.90 Å². The van der Waals surface area contributed by atoms with Crippen LogP contribution in [0.25, 0.3) is 0 Å². The molecule has 26 heavy (non-hydrogen) atoms. The van der Waals surface area contributed by atoms with Gasteiger partial charge in [0, 0.05) is 32.2 Å². The van der Waals surface area contributed by atoms with Crippen molar-refractivity contribution in [3.8, 4) is 5.75 Å². The molecule has 1 atom stereocenters. The zero-order valence-corrected chi connectivity index (χ0v) is 16.8. The van der Waals surface area contributed by atoms with E-state index < -0.39 is 0 Å². The number of para-hydroxylation sites is 1. The summed E-state index contributed by atoms with van der Waals surface area (Å²) in [5.41, 5.74) is 0. The van der Waals surface area contributed by atoms with E-state index in [-0.39, 0.29) is 0 Å². The van der Waals surface area contributed by atoms with Crippen molar-refractivity contribution in [3.05, 3.63) is 30.3 Å². The summed E-state index contributed by atoms with van der Waals surface area (Å²) in [6.45, 7) is 12.0. The van der Waals surface area contributed by atoms with Gasteiger partial charge in [-0.25, -0.2) is 0 Å². The van der Waals surface area contributed by atoms with Crippen molar-refractivity contribution in [1.82, 2.24) is 14.7 Å². The summed E-state index contributed by atoms with van der Waals surface area (Å²) in [5.74, 6) is 1.88. The third-order valence-electron chi connectivity index (χ3n) is 6.31. The van der Waals surface area contributed by atoms with Crippen molar-refractivity contribution in [2.24, 2.45) is 5.92 Å². The van der Waals surface area contributed by atoms with Crippen LogP contribution in [-0.2, 0) is 0 Å². The molecular weight excluding hydrogens is 322 g/mol. The van der Waals surface area contributed by atoms with Gasteiger partial charge in [-0.1, -0.05) is 18.2 Å². The Hall–Kier alpha value is -1.10. The summed E-state index contributed by atoms with van der Waals surface area (Å²) < 4.78 is 5.79. The van der Waals surface area contributed by atoms with Crippen LogP contribution < -0.4 is 4.74 Å². The first-order valence-corrected chi connectivity index (χ1v) is 10.5. The van der Waals surface area contributed by atoms with E-state index in [1.807, 2.05) is 30.3 Å². The number of hydrogen-bond acceptors (Lipinski definition) is 4. The fourth-order valence-corrected chi connectivity index (χ4v) is 4.33. The molecule has 4 nitrogen and oxygen atoms in total. The molecule has 3 rings (SSSR count). The normalized spacial score (nSPS) is 22.4. The lowest BCUT2D eigenvalue weighted by atomic mass is 9.89. The molecule has 2 aliphatic heterocycles. The molecule has 0 bridgehead atoms. The molecule has 0 amide bonds. The first kappa shape index (κ1) is 19.7. The molecule has 0 N–H and O–H groups in total. The Bertz CT molecular complexity index is 493. The van der Waals surface area contributed by atoms with E-state index in [1.54, 1.807) is 0 Å². The molecule has 0 spiro atoms. The first-order valence-electron chi connectivity index (χ1n) is 10.5. The molecule has 2 aliphatic rings. The molecule has 4 heteroatoms. The van der Waals surface area contributed by atoms with Crippen LogP contribution in [0.15, 0.2) is 30.3 Å². The molecule has 2 saturated heterocycles. The van der Waals surface area contributed by atoms with Crippen LogP contribution in [0.2, 0.25) is 0 Å². The number of benzene rings is 1. The number of likely N-dealkylation sites (tertiary alicyclic amines) is 1. The van der Waals surface area contributed by atoms with Crippen LogP contribution in [0.3, 0.4) is 0 Å².